The number of amides is 1. The Morgan fingerprint density at radius 1 is 1.29 bits per heavy atom. The highest BCUT2D eigenvalue weighted by atomic mass is 16.1. The van der Waals surface area contributed by atoms with E-state index in [1.807, 2.05) is 38.1 Å². The Labute approximate surface area is 125 Å². The first-order chi connectivity index (χ1) is 10.1. The molecule has 0 unspecified atom stereocenters. The van der Waals surface area contributed by atoms with Crippen LogP contribution in [0, 0.1) is 13.8 Å². The van der Waals surface area contributed by atoms with Crippen molar-refractivity contribution in [1.82, 2.24) is 9.55 Å². The smallest absolute Gasteiger partial charge is 0.244 e. The molecule has 110 valence electrons. The predicted octanol–water partition coefficient (Wildman–Crippen LogP) is 3.02. The van der Waals surface area contributed by atoms with E-state index in [-0.39, 0.29) is 5.91 Å². The fraction of sp³-hybridized carbons (Fsp3) is 0.412. The molecule has 1 amide bonds. The average Bonchev–Trinajstić information content (AvgIpc) is 2.75. The molecule has 0 bridgehead atoms. The van der Waals surface area contributed by atoms with E-state index in [2.05, 4.69) is 14.9 Å². The first kappa shape index (κ1) is 13.9. The molecule has 4 heteroatoms. The minimum atomic E-state index is 0.00877. The molecule has 1 N–H and O–H groups in total. The summed E-state index contributed by atoms with van der Waals surface area (Å²) in [5, 5.41) is 2.97. The maximum absolute atomic E-state index is 12.3. The number of aromatic nitrogens is 2. The molecule has 1 heterocycles. The number of imidazole rings is 1. The Morgan fingerprint density at radius 3 is 2.90 bits per heavy atom. The summed E-state index contributed by atoms with van der Waals surface area (Å²) in [5.41, 5.74) is 4.43. The molecule has 4 nitrogen and oxygen atoms in total. The van der Waals surface area contributed by atoms with Crippen molar-refractivity contribution in [2.75, 3.05) is 5.32 Å². The van der Waals surface area contributed by atoms with Crippen molar-refractivity contribution >= 4 is 11.6 Å². The quantitative estimate of drug-likeness (QED) is 0.941. The van der Waals surface area contributed by atoms with Crippen LogP contribution in [0.4, 0.5) is 5.69 Å². The van der Waals surface area contributed by atoms with Crippen molar-refractivity contribution in [3.8, 4) is 0 Å². The highest BCUT2D eigenvalue weighted by molar-refractivity contribution is 5.90. The summed E-state index contributed by atoms with van der Waals surface area (Å²) in [6.45, 7) is 4.35. The summed E-state index contributed by atoms with van der Waals surface area (Å²) >= 11 is 0. The van der Waals surface area contributed by atoms with Gasteiger partial charge in [-0.1, -0.05) is 12.1 Å². The Bertz CT molecular complexity index is 673. The van der Waals surface area contributed by atoms with Gasteiger partial charge >= 0.3 is 0 Å². The molecule has 1 aromatic heterocycles. The van der Waals surface area contributed by atoms with Crippen LogP contribution in [0.5, 0.6) is 0 Å². The lowest BCUT2D eigenvalue weighted by Gasteiger charge is -2.14. The molecule has 0 fully saturated rings. The van der Waals surface area contributed by atoms with E-state index in [4.69, 9.17) is 0 Å². The van der Waals surface area contributed by atoms with Crippen LogP contribution in [0.15, 0.2) is 24.3 Å². The lowest BCUT2D eigenvalue weighted by Crippen LogP contribution is -2.21. The zero-order valence-corrected chi connectivity index (χ0v) is 12.6. The zero-order valence-electron chi connectivity index (χ0n) is 12.6. The van der Waals surface area contributed by atoms with Crippen molar-refractivity contribution in [2.24, 2.45) is 0 Å². The maximum atomic E-state index is 12.3. The normalized spacial score (nSPS) is 13.8. The van der Waals surface area contributed by atoms with Gasteiger partial charge in [-0.3, -0.25) is 4.79 Å². The second kappa shape index (κ2) is 5.72. The van der Waals surface area contributed by atoms with Gasteiger partial charge in [0.15, 0.2) is 0 Å². The second-order valence-electron chi connectivity index (χ2n) is 5.76. The Morgan fingerprint density at radius 2 is 2.10 bits per heavy atom. The Balaban J connectivity index is 1.74. The number of fused-ring (bicyclic) bond motifs is 1. The fourth-order valence-corrected chi connectivity index (χ4v) is 3.01. The molecule has 3 rings (SSSR count). The molecule has 1 aliphatic rings. The van der Waals surface area contributed by atoms with Gasteiger partial charge in [0.1, 0.15) is 12.4 Å². The topological polar surface area (TPSA) is 46.9 Å². The molecule has 2 aromatic rings. The van der Waals surface area contributed by atoms with Crippen LogP contribution in [-0.2, 0) is 24.2 Å². The molecule has 1 aliphatic carbocycles. The highest BCUT2D eigenvalue weighted by Gasteiger charge is 2.19. The van der Waals surface area contributed by atoms with Crippen LogP contribution in [0.3, 0.4) is 0 Å². The molecule has 0 aliphatic heterocycles. The molecular formula is C17H21N3O. The minimum absolute atomic E-state index is 0.00877. The summed E-state index contributed by atoms with van der Waals surface area (Å²) in [4.78, 5) is 16.9. The van der Waals surface area contributed by atoms with Crippen LogP contribution in [0.2, 0.25) is 0 Å². The van der Waals surface area contributed by atoms with Crippen LogP contribution >= 0.6 is 0 Å². The van der Waals surface area contributed by atoms with Gasteiger partial charge in [0, 0.05) is 11.4 Å². The van der Waals surface area contributed by atoms with Gasteiger partial charge in [-0.05, 0) is 57.2 Å². The molecule has 0 spiro atoms. The Kier molecular flexibility index (Phi) is 3.78. The van der Waals surface area contributed by atoms with Gasteiger partial charge in [-0.15, -0.1) is 0 Å². The van der Waals surface area contributed by atoms with Crippen molar-refractivity contribution in [2.45, 2.75) is 46.1 Å². The van der Waals surface area contributed by atoms with Crippen LogP contribution in [-0.4, -0.2) is 15.5 Å². The van der Waals surface area contributed by atoms with Crippen LogP contribution < -0.4 is 5.32 Å². The van der Waals surface area contributed by atoms with E-state index in [1.54, 1.807) is 0 Å². The van der Waals surface area contributed by atoms with Gasteiger partial charge in [0.2, 0.25) is 5.91 Å². The summed E-state index contributed by atoms with van der Waals surface area (Å²) in [7, 11) is 0. The third-order valence-corrected chi connectivity index (χ3v) is 4.03. The lowest BCUT2D eigenvalue weighted by atomic mass is 10.0. The van der Waals surface area contributed by atoms with E-state index < -0.39 is 0 Å². The number of carbonyl (C=O) groups excluding carboxylic acids is 1. The van der Waals surface area contributed by atoms with E-state index in [9.17, 15) is 4.79 Å². The first-order valence-corrected chi connectivity index (χ1v) is 7.55. The summed E-state index contributed by atoms with van der Waals surface area (Å²) in [6.07, 6.45) is 4.48. The largest absolute Gasteiger partial charge is 0.325 e. The fourth-order valence-electron chi connectivity index (χ4n) is 3.01. The minimum Gasteiger partial charge on any atom is -0.325 e. The monoisotopic (exact) mass is 283 g/mol. The maximum Gasteiger partial charge on any atom is 0.244 e. The summed E-state index contributed by atoms with van der Waals surface area (Å²) in [6, 6.07) is 7.87. The van der Waals surface area contributed by atoms with Gasteiger partial charge in [0.05, 0.1) is 5.69 Å². The molecular weight excluding hydrogens is 262 g/mol. The van der Waals surface area contributed by atoms with Crippen molar-refractivity contribution in [3.05, 3.63) is 47.0 Å². The van der Waals surface area contributed by atoms with Gasteiger partial charge in [-0.2, -0.15) is 0 Å². The SMILES string of the molecule is Cc1cccc(NC(=O)Cn2c(C)nc3c2CCCC3)c1. The molecule has 0 radical (unpaired) electrons. The number of anilines is 1. The summed E-state index contributed by atoms with van der Waals surface area (Å²) in [5.74, 6) is 0.954. The van der Waals surface area contributed by atoms with E-state index in [1.165, 1.54) is 24.2 Å². The van der Waals surface area contributed by atoms with Crippen molar-refractivity contribution < 1.29 is 4.79 Å². The van der Waals surface area contributed by atoms with E-state index in [0.29, 0.717) is 6.54 Å². The third kappa shape index (κ3) is 2.99. The molecule has 1 aromatic carbocycles. The van der Waals surface area contributed by atoms with Gasteiger partial charge in [-0.25, -0.2) is 4.98 Å². The number of hydrogen-bond donors (Lipinski definition) is 1. The number of nitrogens with zero attached hydrogens (tertiary/aromatic N) is 2. The summed E-state index contributed by atoms with van der Waals surface area (Å²) < 4.78 is 2.07. The molecule has 0 saturated heterocycles. The predicted molar refractivity (Wildman–Crippen MR) is 83.4 cm³/mol. The molecule has 0 saturated carbocycles. The first-order valence-electron chi connectivity index (χ1n) is 7.55. The molecule has 21 heavy (non-hydrogen) atoms. The average molecular weight is 283 g/mol. The number of nitrogens with one attached hydrogen (secondary N) is 1. The number of benzene rings is 1. The Hall–Kier alpha value is -2.10. The third-order valence-electron chi connectivity index (χ3n) is 4.03. The number of hydrogen-bond acceptors (Lipinski definition) is 2. The highest BCUT2D eigenvalue weighted by Crippen LogP contribution is 2.22. The number of rotatable bonds is 3. The standard InChI is InChI=1S/C17H21N3O/c1-12-6-5-7-14(10-12)19-17(21)11-20-13(2)18-15-8-3-4-9-16(15)20/h5-7,10H,3-4,8-9,11H2,1-2H3,(H,19,21). The number of aryl methyl sites for hydroxylation is 3. The van der Waals surface area contributed by atoms with E-state index in [0.717, 1.165) is 29.9 Å². The van der Waals surface area contributed by atoms with Gasteiger partial charge < -0.3 is 9.88 Å². The van der Waals surface area contributed by atoms with Crippen molar-refractivity contribution in [3.63, 3.8) is 0 Å². The zero-order chi connectivity index (χ0) is 14.8. The number of carbonyl (C=O) groups is 1. The molecule has 0 atom stereocenters. The lowest BCUT2D eigenvalue weighted by molar-refractivity contribution is -0.116. The second-order valence-corrected chi connectivity index (χ2v) is 5.76. The van der Waals surface area contributed by atoms with Gasteiger partial charge in [0.25, 0.3) is 0 Å². The van der Waals surface area contributed by atoms with E-state index >= 15 is 0 Å². The van der Waals surface area contributed by atoms with Crippen LogP contribution in [0.25, 0.3) is 0 Å². The van der Waals surface area contributed by atoms with Crippen LogP contribution in [0.1, 0.15) is 35.6 Å². The van der Waals surface area contributed by atoms with Crippen molar-refractivity contribution in [1.29, 1.82) is 0 Å².